The molecule has 0 saturated heterocycles. The first-order chi connectivity index (χ1) is 9.89. The molecule has 118 valence electrons. The minimum absolute atomic E-state index is 0.193. The Kier molecular flexibility index (Phi) is 5.11. The summed E-state index contributed by atoms with van der Waals surface area (Å²) in [5.74, 6) is 0.136. The molecule has 0 amide bonds. The van der Waals surface area contributed by atoms with E-state index in [0.717, 1.165) is 18.4 Å². The van der Waals surface area contributed by atoms with Gasteiger partial charge in [0.05, 0.1) is 12.2 Å². The van der Waals surface area contributed by atoms with Crippen LogP contribution in [0.5, 0.6) is 5.75 Å². The van der Waals surface area contributed by atoms with Crippen molar-refractivity contribution in [2.45, 2.75) is 44.8 Å². The molecule has 21 heavy (non-hydrogen) atoms. The number of hydrogen-bond acceptors (Lipinski definition) is 3. The zero-order valence-corrected chi connectivity index (χ0v) is 11.8. The Hall–Kier alpha value is -1.27. The van der Waals surface area contributed by atoms with Crippen LogP contribution in [0.4, 0.5) is 13.2 Å². The van der Waals surface area contributed by atoms with Gasteiger partial charge in [-0.05, 0) is 43.4 Å². The highest BCUT2D eigenvalue weighted by Gasteiger charge is 2.36. The fourth-order valence-electron chi connectivity index (χ4n) is 2.36. The lowest BCUT2D eigenvalue weighted by Gasteiger charge is -2.22. The van der Waals surface area contributed by atoms with Crippen LogP contribution in [-0.4, -0.2) is 30.3 Å². The summed E-state index contributed by atoms with van der Waals surface area (Å²) in [6.07, 6.45) is -3.06. The van der Waals surface area contributed by atoms with Gasteiger partial charge in [0.25, 0.3) is 0 Å². The van der Waals surface area contributed by atoms with E-state index in [0.29, 0.717) is 18.9 Å². The molecule has 3 nitrogen and oxygen atoms in total. The average Bonchev–Trinajstić information content (AvgIpc) is 3.20. The van der Waals surface area contributed by atoms with E-state index in [9.17, 15) is 18.3 Å². The molecule has 0 aliphatic heterocycles. The van der Waals surface area contributed by atoms with E-state index in [-0.39, 0.29) is 11.9 Å². The molecule has 1 aromatic rings. The predicted molar refractivity (Wildman–Crippen MR) is 71.0 cm³/mol. The van der Waals surface area contributed by atoms with Crippen LogP contribution in [0, 0.1) is 5.92 Å². The van der Waals surface area contributed by atoms with Crippen molar-refractivity contribution < 1.29 is 27.8 Å². The van der Waals surface area contributed by atoms with Crippen LogP contribution in [0.1, 0.15) is 25.3 Å². The molecule has 1 saturated carbocycles. The van der Waals surface area contributed by atoms with E-state index in [1.165, 1.54) is 24.3 Å². The molecule has 2 unspecified atom stereocenters. The standard InChI is InChI=1S/C15H19F3O3/c1-2-20-14(11-5-6-11)13(19)9-10-3-7-12(8-4-10)21-15(16,17)18/h3-4,7-8,11,13-14,19H,2,5-6,9H2,1H3. The van der Waals surface area contributed by atoms with Gasteiger partial charge in [-0.25, -0.2) is 0 Å². The van der Waals surface area contributed by atoms with E-state index in [1.54, 1.807) is 0 Å². The maximum atomic E-state index is 12.1. The van der Waals surface area contributed by atoms with Gasteiger partial charge < -0.3 is 14.6 Å². The summed E-state index contributed by atoms with van der Waals surface area (Å²) in [5.41, 5.74) is 0.752. The van der Waals surface area contributed by atoms with Crippen LogP contribution in [0.2, 0.25) is 0 Å². The highest BCUT2D eigenvalue weighted by atomic mass is 19.4. The Labute approximate surface area is 121 Å². The lowest BCUT2D eigenvalue weighted by molar-refractivity contribution is -0.274. The van der Waals surface area contributed by atoms with Crippen molar-refractivity contribution in [3.8, 4) is 5.75 Å². The predicted octanol–water partition coefficient (Wildman–Crippen LogP) is 3.30. The fraction of sp³-hybridized carbons (Fsp3) is 0.600. The summed E-state index contributed by atoms with van der Waals surface area (Å²) >= 11 is 0. The van der Waals surface area contributed by atoms with Gasteiger partial charge in [-0.2, -0.15) is 0 Å². The molecule has 1 aliphatic carbocycles. The van der Waals surface area contributed by atoms with Crippen molar-refractivity contribution in [2.24, 2.45) is 5.92 Å². The monoisotopic (exact) mass is 304 g/mol. The second-order valence-electron chi connectivity index (χ2n) is 5.22. The number of benzene rings is 1. The summed E-state index contributed by atoms with van der Waals surface area (Å²) < 4.78 is 45.6. The molecule has 0 aromatic heterocycles. The van der Waals surface area contributed by atoms with Gasteiger partial charge in [-0.3, -0.25) is 0 Å². The first-order valence-electron chi connectivity index (χ1n) is 7.03. The molecule has 2 atom stereocenters. The highest BCUT2D eigenvalue weighted by molar-refractivity contribution is 5.28. The van der Waals surface area contributed by atoms with E-state index >= 15 is 0 Å². The molecular weight excluding hydrogens is 285 g/mol. The van der Waals surface area contributed by atoms with Crippen molar-refractivity contribution in [3.05, 3.63) is 29.8 Å². The zero-order valence-electron chi connectivity index (χ0n) is 11.8. The van der Waals surface area contributed by atoms with Gasteiger partial charge in [0.15, 0.2) is 0 Å². The number of rotatable bonds is 7. The third-order valence-electron chi connectivity index (χ3n) is 3.43. The summed E-state index contributed by atoms with van der Waals surface area (Å²) in [6, 6.07) is 5.56. The summed E-state index contributed by atoms with van der Waals surface area (Å²) in [6.45, 7) is 2.42. The first-order valence-corrected chi connectivity index (χ1v) is 7.03. The first kappa shape index (κ1) is 16.1. The summed E-state index contributed by atoms with van der Waals surface area (Å²) in [7, 11) is 0. The summed E-state index contributed by atoms with van der Waals surface area (Å²) in [4.78, 5) is 0. The Bertz CT molecular complexity index is 440. The number of alkyl halides is 3. The Morgan fingerprint density at radius 3 is 2.33 bits per heavy atom. The molecule has 6 heteroatoms. The average molecular weight is 304 g/mol. The van der Waals surface area contributed by atoms with E-state index in [4.69, 9.17) is 4.74 Å². The lowest BCUT2D eigenvalue weighted by atomic mass is 10.0. The van der Waals surface area contributed by atoms with Crippen LogP contribution in [-0.2, 0) is 11.2 Å². The second kappa shape index (κ2) is 6.66. The van der Waals surface area contributed by atoms with Crippen LogP contribution >= 0.6 is 0 Å². The van der Waals surface area contributed by atoms with Crippen LogP contribution in [0.25, 0.3) is 0 Å². The van der Waals surface area contributed by atoms with Gasteiger partial charge >= 0.3 is 6.36 Å². The van der Waals surface area contributed by atoms with Crippen molar-refractivity contribution in [3.63, 3.8) is 0 Å². The topological polar surface area (TPSA) is 38.7 Å². The molecule has 1 fully saturated rings. The number of aliphatic hydroxyl groups is 1. The van der Waals surface area contributed by atoms with Gasteiger partial charge in [-0.15, -0.1) is 13.2 Å². The number of halogens is 3. The minimum Gasteiger partial charge on any atom is -0.406 e. The van der Waals surface area contributed by atoms with Crippen molar-refractivity contribution >= 4 is 0 Å². The number of aliphatic hydroxyl groups excluding tert-OH is 1. The molecule has 1 N–H and O–H groups in total. The molecule has 0 heterocycles. The van der Waals surface area contributed by atoms with Crippen LogP contribution in [0.15, 0.2) is 24.3 Å². The van der Waals surface area contributed by atoms with Crippen molar-refractivity contribution in [1.29, 1.82) is 0 Å². The molecular formula is C15H19F3O3. The van der Waals surface area contributed by atoms with Crippen LogP contribution in [0.3, 0.4) is 0 Å². The normalized spacial score (nSPS) is 18.3. The van der Waals surface area contributed by atoms with Gasteiger partial charge in [0.1, 0.15) is 5.75 Å². The zero-order chi connectivity index (χ0) is 15.5. The third-order valence-corrected chi connectivity index (χ3v) is 3.43. The van der Waals surface area contributed by atoms with Crippen molar-refractivity contribution in [1.82, 2.24) is 0 Å². The molecule has 1 aromatic carbocycles. The molecule has 2 rings (SSSR count). The smallest absolute Gasteiger partial charge is 0.406 e. The lowest BCUT2D eigenvalue weighted by Crippen LogP contribution is -2.32. The van der Waals surface area contributed by atoms with E-state index < -0.39 is 12.5 Å². The number of ether oxygens (including phenoxy) is 2. The van der Waals surface area contributed by atoms with Gasteiger partial charge in [0.2, 0.25) is 0 Å². The number of hydrogen-bond donors (Lipinski definition) is 1. The molecule has 0 spiro atoms. The minimum atomic E-state index is -4.69. The maximum Gasteiger partial charge on any atom is 0.573 e. The van der Waals surface area contributed by atoms with Crippen LogP contribution < -0.4 is 4.74 Å². The van der Waals surface area contributed by atoms with E-state index in [1.807, 2.05) is 6.92 Å². The molecule has 1 aliphatic rings. The van der Waals surface area contributed by atoms with E-state index in [2.05, 4.69) is 4.74 Å². The quantitative estimate of drug-likeness (QED) is 0.840. The fourth-order valence-corrected chi connectivity index (χ4v) is 2.36. The third kappa shape index (κ3) is 5.21. The summed E-state index contributed by atoms with van der Waals surface area (Å²) in [5, 5.41) is 10.2. The molecule has 0 bridgehead atoms. The largest absolute Gasteiger partial charge is 0.573 e. The molecule has 0 radical (unpaired) electrons. The maximum absolute atomic E-state index is 12.1. The van der Waals surface area contributed by atoms with Crippen molar-refractivity contribution in [2.75, 3.05) is 6.61 Å². The Morgan fingerprint density at radius 1 is 1.24 bits per heavy atom. The highest BCUT2D eigenvalue weighted by Crippen LogP contribution is 2.36. The second-order valence-corrected chi connectivity index (χ2v) is 5.22. The Balaban J connectivity index is 1.92. The van der Waals surface area contributed by atoms with Gasteiger partial charge in [-0.1, -0.05) is 12.1 Å². The van der Waals surface area contributed by atoms with Gasteiger partial charge in [0, 0.05) is 13.0 Å². The Morgan fingerprint density at radius 2 is 1.86 bits per heavy atom. The SMILES string of the molecule is CCOC(C(O)Cc1ccc(OC(F)(F)F)cc1)C1CC1.